The lowest BCUT2D eigenvalue weighted by Gasteiger charge is -2.18. The number of amides is 2. The van der Waals surface area contributed by atoms with E-state index in [-0.39, 0.29) is 23.7 Å². The highest BCUT2D eigenvalue weighted by Gasteiger charge is 2.17. The van der Waals surface area contributed by atoms with Crippen LogP contribution in [0.2, 0.25) is 0 Å². The molecule has 3 aromatic rings. The summed E-state index contributed by atoms with van der Waals surface area (Å²) >= 11 is 0. The smallest absolute Gasteiger partial charge is 0.270 e. The molecular weight excluding hydrogens is 374 g/mol. The molecule has 9 nitrogen and oxygen atoms in total. The summed E-state index contributed by atoms with van der Waals surface area (Å²) in [6, 6.07) is 13.1. The zero-order chi connectivity index (χ0) is 21.0. The van der Waals surface area contributed by atoms with Crippen LogP contribution >= 0.6 is 0 Å². The van der Waals surface area contributed by atoms with Gasteiger partial charge >= 0.3 is 0 Å². The highest BCUT2D eigenvalue weighted by atomic mass is 16.6. The maximum atomic E-state index is 12.4. The number of fused-ring (bicyclic) bond motifs is 1. The Labute approximate surface area is 167 Å². The van der Waals surface area contributed by atoms with Crippen molar-refractivity contribution >= 4 is 28.5 Å². The molecule has 0 spiro atoms. The average molecular weight is 395 g/mol. The van der Waals surface area contributed by atoms with Gasteiger partial charge in [-0.3, -0.25) is 19.7 Å². The summed E-state index contributed by atoms with van der Waals surface area (Å²) in [5, 5.41) is 13.3. The third-order valence-corrected chi connectivity index (χ3v) is 4.57. The predicted molar refractivity (Wildman–Crippen MR) is 107 cm³/mol. The summed E-state index contributed by atoms with van der Waals surface area (Å²) in [5.41, 5.74) is 1.82. The van der Waals surface area contributed by atoms with E-state index in [1.54, 1.807) is 7.05 Å². The molecule has 0 radical (unpaired) electrons. The zero-order valence-electron chi connectivity index (χ0n) is 16.2. The molecule has 1 heterocycles. The molecule has 3 rings (SSSR count). The number of nitro benzene ring substituents is 1. The van der Waals surface area contributed by atoms with E-state index in [0.29, 0.717) is 6.54 Å². The van der Waals surface area contributed by atoms with E-state index in [4.69, 9.17) is 0 Å². The number of rotatable bonds is 7. The highest BCUT2D eigenvalue weighted by molar-refractivity contribution is 5.96. The Kier molecular flexibility index (Phi) is 5.87. The zero-order valence-corrected chi connectivity index (χ0v) is 16.2. The van der Waals surface area contributed by atoms with Crippen LogP contribution in [-0.2, 0) is 17.9 Å². The number of hydrogen-bond donors (Lipinski definition) is 1. The molecule has 1 aromatic heterocycles. The standard InChI is InChI=1S/C20H21N5O4/c1-3-24-17-10-5-4-9-16(17)22-18(24)13-23(2)19(26)12-21-20(27)14-7-6-8-15(11-14)25(28)29/h4-11H,3,12-13H2,1-2H3,(H,21,27). The number of nitro groups is 1. The number of likely N-dealkylation sites (N-methyl/N-ethyl adjacent to an activating group) is 1. The van der Waals surface area contributed by atoms with Crippen LogP contribution in [0.25, 0.3) is 11.0 Å². The van der Waals surface area contributed by atoms with Gasteiger partial charge in [0.05, 0.1) is 29.0 Å². The minimum absolute atomic E-state index is 0.127. The Balaban J connectivity index is 1.63. The van der Waals surface area contributed by atoms with Gasteiger partial charge in [0.25, 0.3) is 11.6 Å². The van der Waals surface area contributed by atoms with Crippen molar-refractivity contribution < 1.29 is 14.5 Å². The molecule has 29 heavy (non-hydrogen) atoms. The number of aryl methyl sites for hydroxylation is 1. The molecule has 150 valence electrons. The quantitative estimate of drug-likeness (QED) is 0.488. The third kappa shape index (κ3) is 4.40. The lowest BCUT2D eigenvalue weighted by atomic mass is 10.2. The van der Waals surface area contributed by atoms with Crippen LogP contribution in [0.3, 0.4) is 0 Å². The number of carbonyl (C=O) groups excluding carboxylic acids is 2. The van der Waals surface area contributed by atoms with Crippen LogP contribution in [-0.4, -0.2) is 44.8 Å². The fourth-order valence-corrected chi connectivity index (χ4v) is 3.05. The normalized spacial score (nSPS) is 10.7. The van der Waals surface area contributed by atoms with Crippen molar-refractivity contribution in [3.63, 3.8) is 0 Å². The molecule has 1 N–H and O–H groups in total. The first-order chi connectivity index (χ1) is 13.9. The molecule has 0 aliphatic rings. The van der Waals surface area contributed by atoms with E-state index in [1.165, 1.54) is 29.2 Å². The summed E-state index contributed by atoms with van der Waals surface area (Å²) in [4.78, 5) is 41.0. The largest absolute Gasteiger partial charge is 0.343 e. The third-order valence-electron chi connectivity index (χ3n) is 4.57. The molecule has 2 amide bonds. The van der Waals surface area contributed by atoms with Crippen molar-refractivity contribution in [2.45, 2.75) is 20.0 Å². The lowest BCUT2D eigenvalue weighted by Crippen LogP contribution is -2.38. The van der Waals surface area contributed by atoms with Crippen molar-refractivity contribution in [2.75, 3.05) is 13.6 Å². The molecule has 0 aliphatic heterocycles. The first kappa shape index (κ1) is 20.0. The van der Waals surface area contributed by atoms with E-state index in [0.717, 1.165) is 23.4 Å². The number of benzene rings is 2. The molecule has 9 heteroatoms. The highest BCUT2D eigenvalue weighted by Crippen LogP contribution is 2.17. The molecule has 0 bridgehead atoms. The monoisotopic (exact) mass is 395 g/mol. The SMILES string of the molecule is CCn1c(CN(C)C(=O)CNC(=O)c2cccc([N+](=O)[O-])c2)nc2ccccc21. The van der Waals surface area contributed by atoms with E-state index in [1.807, 2.05) is 35.8 Å². The molecule has 2 aromatic carbocycles. The topological polar surface area (TPSA) is 110 Å². The summed E-state index contributed by atoms with van der Waals surface area (Å²) < 4.78 is 2.04. The van der Waals surface area contributed by atoms with Crippen molar-refractivity contribution in [3.05, 3.63) is 70.0 Å². The fourth-order valence-electron chi connectivity index (χ4n) is 3.05. The molecule has 0 fully saturated rings. The summed E-state index contributed by atoms with van der Waals surface area (Å²) in [6.07, 6.45) is 0. The van der Waals surface area contributed by atoms with Crippen molar-refractivity contribution in [1.82, 2.24) is 19.8 Å². The lowest BCUT2D eigenvalue weighted by molar-refractivity contribution is -0.384. The van der Waals surface area contributed by atoms with Gasteiger partial charge in [-0.15, -0.1) is 0 Å². The summed E-state index contributed by atoms with van der Waals surface area (Å²) in [6.45, 7) is 2.82. The van der Waals surface area contributed by atoms with Gasteiger partial charge in [-0.1, -0.05) is 18.2 Å². The van der Waals surface area contributed by atoms with E-state index in [2.05, 4.69) is 10.3 Å². The number of hydrogen-bond acceptors (Lipinski definition) is 5. The maximum absolute atomic E-state index is 12.4. The number of nitrogens with one attached hydrogen (secondary N) is 1. The second-order valence-corrected chi connectivity index (χ2v) is 6.50. The van der Waals surface area contributed by atoms with Crippen molar-refractivity contribution in [3.8, 4) is 0 Å². The fraction of sp³-hybridized carbons (Fsp3) is 0.250. The van der Waals surface area contributed by atoms with E-state index in [9.17, 15) is 19.7 Å². The second-order valence-electron chi connectivity index (χ2n) is 6.50. The van der Waals surface area contributed by atoms with Gasteiger partial charge in [0.1, 0.15) is 5.82 Å². The van der Waals surface area contributed by atoms with Gasteiger partial charge in [0.15, 0.2) is 0 Å². The van der Waals surface area contributed by atoms with Gasteiger partial charge in [0, 0.05) is 31.3 Å². The number of imidazole rings is 1. The number of para-hydroxylation sites is 2. The number of carbonyl (C=O) groups is 2. The van der Waals surface area contributed by atoms with E-state index < -0.39 is 10.8 Å². The van der Waals surface area contributed by atoms with Crippen LogP contribution in [0.5, 0.6) is 0 Å². The second kappa shape index (κ2) is 8.51. The minimum Gasteiger partial charge on any atom is -0.343 e. The molecular formula is C20H21N5O4. The van der Waals surface area contributed by atoms with Crippen LogP contribution < -0.4 is 5.32 Å². The first-order valence-corrected chi connectivity index (χ1v) is 9.11. The summed E-state index contributed by atoms with van der Waals surface area (Å²) in [5.74, 6) is -0.0794. The van der Waals surface area contributed by atoms with Crippen LogP contribution in [0.15, 0.2) is 48.5 Å². The van der Waals surface area contributed by atoms with E-state index >= 15 is 0 Å². The predicted octanol–water partition coefficient (Wildman–Crippen LogP) is 2.35. The van der Waals surface area contributed by atoms with Crippen molar-refractivity contribution in [2.24, 2.45) is 0 Å². The van der Waals surface area contributed by atoms with Gasteiger partial charge in [0.2, 0.25) is 5.91 Å². The Morgan fingerprint density at radius 1 is 1.21 bits per heavy atom. The Morgan fingerprint density at radius 3 is 2.69 bits per heavy atom. The molecule has 0 saturated carbocycles. The number of non-ortho nitro benzene ring substituents is 1. The molecule has 0 aliphatic carbocycles. The average Bonchev–Trinajstić information content (AvgIpc) is 3.08. The maximum Gasteiger partial charge on any atom is 0.270 e. The van der Waals surface area contributed by atoms with Gasteiger partial charge < -0.3 is 14.8 Å². The molecule has 0 atom stereocenters. The number of nitrogens with zero attached hydrogens (tertiary/aromatic N) is 4. The van der Waals surface area contributed by atoms with Gasteiger partial charge in [-0.2, -0.15) is 0 Å². The number of aromatic nitrogens is 2. The Hall–Kier alpha value is -3.75. The minimum atomic E-state index is -0.574. The van der Waals surface area contributed by atoms with Gasteiger partial charge in [-0.25, -0.2) is 4.98 Å². The molecule has 0 unspecified atom stereocenters. The first-order valence-electron chi connectivity index (χ1n) is 9.11. The Morgan fingerprint density at radius 2 is 1.97 bits per heavy atom. The summed E-state index contributed by atoms with van der Waals surface area (Å²) in [7, 11) is 1.64. The van der Waals surface area contributed by atoms with Crippen LogP contribution in [0.4, 0.5) is 5.69 Å². The van der Waals surface area contributed by atoms with Crippen molar-refractivity contribution in [1.29, 1.82) is 0 Å². The van der Waals surface area contributed by atoms with Gasteiger partial charge in [-0.05, 0) is 25.1 Å². The van der Waals surface area contributed by atoms with Crippen LogP contribution in [0.1, 0.15) is 23.1 Å². The van der Waals surface area contributed by atoms with Crippen LogP contribution in [0, 0.1) is 10.1 Å². The molecule has 0 saturated heterocycles. The Bertz CT molecular complexity index is 1080.